The molecule has 0 saturated carbocycles. The molecule has 2 heteroatoms. The lowest BCUT2D eigenvalue weighted by molar-refractivity contribution is 0.982. The van der Waals surface area contributed by atoms with Gasteiger partial charge in [0.25, 0.3) is 0 Å². The Morgan fingerprint density at radius 2 is 2.38 bits per heavy atom. The summed E-state index contributed by atoms with van der Waals surface area (Å²) in [6.07, 6.45) is 9.96. The summed E-state index contributed by atoms with van der Waals surface area (Å²) in [7, 11) is 0. The van der Waals surface area contributed by atoms with Gasteiger partial charge in [0.05, 0.1) is 0 Å². The van der Waals surface area contributed by atoms with E-state index in [1.165, 1.54) is 11.3 Å². The molecule has 0 N–H and O–H groups in total. The van der Waals surface area contributed by atoms with E-state index in [9.17, 15) is 0 Å². The van der Waals surface area contributed by atoms with E-state index < -0.39 is 0 Å². The summed E-state index contributed by atoms with van der Waals surface area (Å²) < 4.78 is 0. The number of hydrogen-bond donors (Lipinski definition) is 0. The maximum absolute atomic E-state index is 4.43. The average Bonchev–Trinajstić information content (AvgIpc) is 2.21. The van der Waals surface area contributed by atoms with E-state index in [1.807, 2.05) is 12.3 Å². The predicted molar refractivity (Wildman–Crippen MR) is 54.0 cm³/mol. The first kappa shape index (κ1) is 8.17. The van der Waals surface area contributed by atoms with Crippen molar-refractivity contribution in [3.05, 3.63) is 42.2 Å². The van der Waals surface area contributed by atoms with Crippen molar-refractivity contribution in [3.8, 4) is 0 Å². The van der Waals surface area contributed by atoms with Crippen LogP contribution < -0.4 is 0 Å². The highest BCUT2D eigenvalue weighted by Crippen LogP contribution is 2.04. The maximum Gasteiger partial charge on any atom is 0.0427 e. The molecule has 2 nitrogen and oxygen atoms in total. The minimum absolute atomic E-state index is 0.907. The van der Waals surface area contributed by atoms with Gasteiger partial charge in [-0.15, -0.1) is 0 Å². The topological polar surface area (TPSA) is 25.2 Å². The first-order valence-corrected chi connectivity index (χ1v) is 4.54. The molecule has 1 aliphatic heterocycles. The molecule has 0 spiro atoms. The summed E-state index contributed by atoms with van der Waals surface area (Å²) in [5, 5.41) is 0. The van der Waals surface area contributed by atoms with Crippen molar-refractivity contribution >= 4 is 5.71 Å². The third-order valence-electron chi connectivity index (χ3n) is 2.03. The highest BCUT2D eigenvalue weighted by molar-refractivity contribution is 5.96. The van der Waals surface area contributed by atoms with Crippen LogP contribution in [0.1, 0.15) is 12.0 Å². The second kappa shape index (κ2) is 3.99. The fourth-order valence-electron chi connectivity index (χ4n) is 1.38. The number of allylic oxidation sites excluding steroid dienone is 1. The summed E-state index contributed by atoms with van der Waals surface area (Å²) in [4.78, 5) is 8.50. The highest BCUT2D eigenvalue weighted by Gasteiger charge is 2.00. The van der Waals surface area contributed by atoms with E-state index in [0.717, 1.165) is 19.4 Å². The lowest BCUT2D eigenvalue weighted by Gasteiger charge is -2.05. The molecule has 0 fully saturated rings. The molecule has 66 valence electrons. The summed E-state index contributed by atoms with van der Waals surface area (Å²) in [5.41, 5.74) is 2.40. The van der Waals surface area contributed by atoms with Gasteiger partial charge in [0, 0.05) is 31.1 Å². The number of nitrogens with zero attached hydrogens (tertiary/aromatic N) is 2. The minimum atomic E-state index is 0.907. The molecule has 1 aromatic rings. The zero-order valence-corrected chi connectivity index (χ0v) is 7.48. The van der Waals surface area contributed by atoms with Crippen molar-refractivity contribution in [2.45, 2.75) is 12.8 Å². The van der Waals surface area contributed by atoms with Crippen LogP contribution in [0.25, 0.3) is 0 Å². The van der Waals surface area contributed by atoms with E-state index in [1.54, 1.807) is 6.20 Å². The average molecular weight is 172 g/mol. The van der Waals surface area contributed by atoms with E-state index in [2.05, 4.69) is 28.2 Å². The molecule has 1 aliphatic rings. The van der Waals surface area contributed by atoms with Crippen LogP contribution in [0.5, 0.6) is 0 Å². The Kier molecular flexibility index (Phi) is 2.51. The van der Waals surface area contributed by atoms with Gasteiger partial charge in [0.15, 0.2) is 0 Å². The van der Waals surface area contributed by atoms with Crippen molar-refractivity contribution < 1.29 is 0 Å². The van der Waals surface area contributed by atoms with Crippen LogP contribution >= 0.6 is 0 Å². The van der Waals surface area contributed by atoms with Crippen LogP contribution in [0.2, 0.25) is 0 Å². The largest absolute Gasteiger partial charge is 0.289 e. The Morgan fingerprint density at radius 3 is 3.08 bits per heavy atom. The van der Waals surface area contributed by atoms with Crippen molar-refractivity contribution in [1.82, 2.24) is 4.98 Å². The molecular weight excluding hydrogens is 160 g/mol. The molecule has 0 unspecified atom stereocenters. The fraction of sp³-hybridized carbons (Fsp3) is 0.273. The molecule has 0 atom stereocenters. The molecule has 2 heterocycles. The first-order valence-electron chi connectivity index (χ1n) is 4.54. The molecule has 13 heavy (non-hydrogen) atoms. The monoisotopic (exact) mass is 172 g/mol. The third-order valence-corrected chi connectivity index (χ3v) is 2.03. The van der Waals surface area contributed by atoms with Gasteiger partial charge in [0.1, 0.15) is 0 Å². The summed E-state index contributed by atoms with van der Waals surface area (Å²) in [6, 6.07) is 4.04. The van der Waals surface area contributed by atoms with Gasteiger partial charge >= 0.3 is 0 Å². The molecule has 0 aromatic carbocycles. The van der Waals surface area contributed by atoms with Gasteiger partial charge in [0.2, 0.25) is 0 Å². The lowest BCUT2D eigenvalue weighted by Crippen LogP contribution is -2.04. The molecule has 1 aromatic heterocycles. The standard InChI is InChI=1S/C11H12N2/c1-2-7-13-11(5-1)8-10-4-3-6-12-9-10/h1,3-6,9H,2,7-8H2. The molecular formula is C11H12N2. The normalized spacial score (nSPS) is 15.5. The van der Waals surface area contributed by atoms with Gasteiger partial charge in [-0.1, -0.05) is 12.1 Å². The first-order chi connectivity index (χ1) is 6.45. The van der Waals surface area contributed by atoms with E-state index in [0.29, 0.717) is 0 Å². The Bertz CT molecular complexity index is 325. The Balaban J connectivity index is 2.06. The summed E-state index contributed by atoms with van der Waals surface area (Å²) in [5.74, 6) is 0. The number of hydrogen-bond acceptors (Lipinski definition) is 2. The molecule has 0 amide bonds. The number of aliphatic imine (C=N–C) groups is 1. The zero-order chi connectivity index (χ0) is 8.93. The van der Waals surface area contributed by atoms with Crippen LogP contribution in [0, 0.1) is 0 Å². The summed E-state index contributed by atoms with van der Waals surface area (Å²) >= 11 is 0. The van der Waals surface area contributed by atoms with Gasteiger partial charge in [-0.3, -0.25) is 9.98 Å². The number of dihydropyridines is 1. The molecule has 0 aliphatic carbocycles. The zero-order valence-electron chi connectivity index (χ0n) is 7.48. The van der Waals surface area contributed by atoms with Crippen molar-refractivity contribution in [2.24, 2.45) is 4.99 Å². The van der Waals surface area contributed by atoms with Crippen LogP contribution in [-0.4, -0.2) is 17.2 Å². The summed E-state index contributed by atoms with van der Waals surface area (Å²) in [6.45, 7) is 0.937. The Labute approximate surface area is 78.0 Å². The quantitative estimate of drug-likeness (QED) is 0.670. The molecule has 2 rings (SSSR count). The van der Waals surface area contributed by atoms with Crippen LogP contribution in [0.4, 0.5) is 0 Å². The van der Waals surface area contributed by atoms with Crippen molar-refractivity contribution in [2.75, 3.05) is 6.54 Å². The highest BCUT2D eigenvalue weighted by atomic mass is 14.7. The van der Waals surface area contributed by atoms with E-state index in [4.69, 9.17) is 0 Å². The van der Waals surface area contributed by atoms with Crippen LogP contribution in [-0.2, 0) is 6.42 Å². The SMILES string of the molecule is C1=CC(Cc2cccnc2)=NCC1. The Hall–Kier alpha value is -1.44. The predicted octanol–water partition coefficient (Wildman–Crippen LogP) is 2.02. The molecule has 0 bridgehead atoms. The third kappa shape index (κ3) is 2.25. The minimum Gasteiger partial charge on any atom is -0.289 e. The van der Waals surface area contributed by atoms with Crippen LogP contribution in [0.3, 0.4) is 0 Å². The van der Waals surface area contributed by atoms with Gasteiger partial charge in [-0.2, -0.15) is 0 Å². The number of aromatic nitrogens is 1. The fourth-order valence-corrected chi connectivity index (χ4v) is 1.38. The maximum atomic E-state index is 4.43. The van der Waals surface area contributed by atoms with Crippen molar-refractivity contribution in [1.29, 1.82) is 0 Å². The second-order valence-corrected chi connectivity index (χ2v) is 3.10. The molecule has 0 saturated heterocycles. The smallest absolute Gasteiger partial charge is 0.0427 e. The van der Waals surface area contributed by atoms with Crippen molar-refractivity contribution in [3.63, 3.8) is 0 Å². The van der Waals surface area contributed by atoms with Gasteiger partial charge in [-0.05, 0) is 24.1 Å². The van der Waals surface area contributed by atoms with Gasteiger partial charge < -0.3 is 0 Å². The number of rotatable bonds is 2. The molecule has 0 radical (unpaired) electrons. The van der Waals surface area contributed by atoms with E-state index >= 15 is 0 Å². The number of pyridine rings is 1. The Morgan fingerprint density at radius 1 is 1.38 bits per heavy atom. The van der Waals surface area contributed by atoms with Gasteiger partial charge in [-0.25, -0.2) is 0 Å². The second-order valence-electron chi connectivity index (χ2n) is 3.10. The lowest BCUT2D eigenvalue weighted by atomic mass is 10.1. The van der Waals surface area contributed by atoms with E-state index in [-0.39, 0.29) is 0 Å². The van der Waals surface area contributed by atoms with Crippen LogP contribution in [0.15, 0.2) is 41.7 Å².